The second-order valence-corrected chi connectivity index (χ2v) is 5.78. The van der Waals surface area contributed by atoms with Gasteiger partial charge in [-0.3, -0.25) is 14.5 Å². The van der Waals surface area contributed by atoms with Crippen LogP contribution in [0.2, 0.25) is 0 Å². The third-order valence-electron chi connectivity index (χ3n) is 4.31. The lowest BCUT2D eigenvalue weighted by Gasteiger charge is -2.24. The van der Waals surface area contributed by atoms with Crippen molar-refractivity contribution in [1.29, 1.82) is 0 Å². The number of fused-ring (bicyclic) bond motifs is 2. The van der Waals surface area contributed by atoms with Gasteiger partial charge in [0.15, 0.2) is 11.5 Å². The lowest BCUT2D eigenvalue weighted by Crippen LogP contribution is -2.46. The second-order valence-electron chi connectivity index (χ2n) is 5.78. The predicted molar refractivity (Wildman–Crippen MR) is 87.4 cm³/mol. The average molecular weight is 324 g/mol. The molecule has 6 heteroatoms. The van der Waals surface area contributed by atoms with Crippen molar-refractivity contribution < 1.29 is 19.1 Å². The predicted octanol–water partition coefficient (Wildman–Crippen LogP) is 1.51. The maximum absolute atomic E-state index is 13.0. The van der Waals surface area contributed by atoms with Crippen molar-refractivity contribution in [3.63, 3.8) is 0 Å². The van der Waals surface area contributed by atoms with Gasteiger partial charge in [-0.2, -0.15) is 0 Å². The molecule has 4 rings (SSSR count). The molecule has 0 radical (unpaired) electrons. The summed E-state index contributed by atoms with van der Waals surface area (Å²) in [7, 11) is 0. The Balaban J connectivity index is 1.73. The van der Waals surface area contributed by atoms with Crippen molar-refractivity contribution in [3.05, 3.63) is 53.6 Å². The van der Waals surface area contributed by atoms with E-state index in [9.17, 15) is 9.59 Å². The van der Waals surface area contributed by atoms with Gasteiger partial charge in [-0.1, -0.05) is 18.2 Å². The van der Waals surface area contributed by atoms with Crippen LogP contribution in [0.25, 0.3) is 0 Å². The fraction of sp³-hybridized carbons (Fsp3) is 0.222. The highest BCUT2D eigenvalue weighted by Crippen LogP contribution is 2.35. The summed E-state index contributed by atoms with van der Waals surface area (Å²) < 4.78 is 11.0. The van der Waals surface area contributed by atoms with Crippen LogP contribution in [0.1, 0.15) is 15.9 Å². The third kappa shape index (κ3) is 2.27. The fourth-order valence-electron chi connectivity index (χ4n) is 3.18. The van der Waals surface area contributed by atoms with Crippen LogP contribution in [0.4, 0.5) is 5.69 Å². The number of carbonyl (C=O) groups is 2. The number of para-hydroxylation sites is 1. The minimum absolute atomic E-state index is 0.277. The molecule has 2 aliphatic heterocycles. The summed E-state index contributed by atoms with van der Waals surface area (Å²) >= 11 is 0. The van der Waals surface area contributed by atoms with Gasteiger partial charge in [-0.15, -0.1) is 0 Å². The smallest absolute Gasteiger partial charge is 0.259 e. The van der Waals surface area contributed by atoms with Gasteiger partial charge >= 0.3 is 0 Å². The van der Waals surface area contributed by atoms with Crippen molar-refractivity contribution in [2.75, 3.05) is 18.1 Å². The molecule has 6 nitrogen and oxygen atoms in total. The largest absolute Gasteiger partial charge is 0.486 e. The van der Waals surface area contributed by atoms with Crippen LogP contribution < -0.4 is 20.1 Å². The molecule has 0 fully saturated rings. The summed E-state index contributed by atoms with van der Waals surface area (Å²) in [4.78, 5) is 26.3. The summed E-state index contributed by atoms with van der Waals surface area (Å²) in [5.41, 5.74) is 7.61. The van der Waals surface area contributed by atoms with Gasteiger partial charge in [0.1, 0.15) is 19.3 Å². The highest BCUT2D eigenvalue weighted by atomic mass is 16.6. The van der Waals surface area contributed by atoms with Gasteiger partial charge < -0.3 is 15.2 Å². The van der Waals surface area contributed by atoms with Crippen molar-refractivity contribution in [1.82, 2.24) is 0 Å². The number of hydrogen-bond acceptors (Lipinski definition) is 4. The van der Waals surface area contributed by atoms with E-state index in [1.807, 2.05) is 24.3 Å². The standard InChI is InChI=1S/C18H16N2O4/c19-17(21)14-9-11-3-1-2-4-13(11)20(14)18(22)12-5-6-15-16(10-12)24-8-7-23-15/h1-6,10,14H,7-9H2,(H2,19,21)/t14-/m0/s1. The molecule has 122 valence electrons. The summed E-state index contributed by atoms with van der Waals surface area (Å²) in [5.74, 6) is 0.360. The van der Waals surface area contributed by atoms with Gasteiger partial charge in [-0.25, -0.2) is 0 Å². The molecule has 2 aromatic carbocycles. The van der Waals surface area contributed by atoms with E-state index in [2.05, 4.69) is 0 Å². The number of rotatable bonds is 2. The molecule has 24 heavy (non-hydrogen) atoms. The number of primary amides is 1. The fourth-order valence-corrected chi connectivity index (χ4v) is 3.18. The summed E-state index contributed by atoms with van der Waals surface area (Å²) in [6.45, 7) is 0.935. The van der Waals surface area contributed by atoms with Crippen LogP contribution in [0.3, 0.4) is 0 Å². The van der Waals surface area contributed by atoms with E-state index in [0.717, 1.165) is 11.3 Å². The number of nitrogens with zero attached hydrogens (tertiary/aromatic N) is 1. The first-order valence-electron chi connectivity index (χ1n) is 7.75. The van der Waals surface area contributed by atoms with E-state index in [0.29, 0.717) is 36.7 Å². The molecule has 0 unspecified atom stereocenters. The Hall–Kier alpha value is -3.02. The first-order valence-corrected chi connectivity index (χ1v) is 7.75. The zero-order valence-electron chi connectivity index (χ0n) is 12.9. The number of carbonyl (C=O) groups excluding carboxylic acids is 2. The Morgan fingerprint density at radius 2 is 1.79 bits per heavy atom. The highest BCUT2D eigenvalue weighted by Gasteiger charge is 2.37. The Bertz CT molecular complexity index is 834. The third-order valence-corrected chi connectivity index (χ3v) is 4.31. The SMILES string of the molecule is NC(=O)[C@@H]1Cc2ccccc2N1C(=O)c1ccc2c(c1)OCCO2. The number of ether oxygens (including phenoxy) is 2. The topological polar surface area (TPSA) is 81.9 Å². The van der Waals surface area contributed by atoms with E-state index >= 15 is 0 Å². The maximum Gasteiger partial charge on any atom is 0.259 e. The molecule has 0 saturated heterocycles. The number of hydrogen-bond donors (Lipinski definition) is 1. The zero-order valence-corrected chi connectivity index (χ0v) is 12.9. The lowest BCUT2D eigenvalue weighted by molar-refractivity contribution is -0.119. The minimum atomic E-state index is -0.678. The maximum atomic E-state index is 13.0. The molecule has 0 saturated carbocycles. The second kappa shape index (κ2) is 5.56. The molecular weight excluding hydrogens is 308 g/mol. The Morgan fingerprint density at radius 3 is 2.58 bits per heavy atom. The molecule has 2 aromatic rings. The van der Waals surface area contributed by atoms with Crippen LogP contribution in [0.5, 0.6) is 11.5 Å². The van der Waals surface area contributed by atoms with Crippen LogP contribution >= 0.6 is 0 Å². The number of benzene rings is 2. The molecule has 0 spiro atoms. The lowest BCUT2D eigenvalue weighted by atomic mass is 10.1. The number of amides is 2. The summed E-state index contributed by atoms with van der Waals surface area (Å²) in [6.07, 6.45) is 0.432. The zero-order chi connectivity index (χ0) is 16.7. The van der Waals surface area contributed by atoms with Gasteiger partial charge in [0, 0.05) is 17.7 Å². The normalized spacial score (nSPS) is 18.2. The van der Waals surface area contributed by atoms with Crippen molar-refractivity contribution >= 4 is 17.5 Å². The number of nitrogens with two attached hydrogens (primary N) is 1. The van der Waals surface area contributed by atoms with E-state index in [-0.39, 0.29) is 5.91 Å². The highest BCUT2D eigenvalue weighted by molar-refractivity contribution is 6.11. The van der Waals surface area contributed by atoms with Crippen LogP contribution in [0.15, 0.2) is 42.5 Å². The molecule has 0 aromatic heterocycles. The van der Waals surface area contributed by atoms with Crippen LogP contribution in [0, 0.1) is 0 Å². The number of anilines is 1. The average Bonchev–Trinajstić information content (AvgIpc) is 3.00. The molecular formula is C18H16N2O4. The van der Waals surface area contributed by atoms with Crippen molar-refractivity contribution in [2.45, 2.75) is 12.5 Å². The molecule has 2 heterocycles. The quantitative estimate of drug-likeness (QED) is 0.908. The minimum Gasteiger partial charge on any atom is -0.486 e. The van der Waals surface area contributed by atoms with E-state index < -0.39 is 11.9 Å². The van der Waals surface area contributed by atoms with E-state index in [4.69, 9.17) is 15.2 Å². The van der Waals surface area contributed by atoms with Crippen molar-refractivity contribution in [3.8, 4) is 11.5 Å². The first kappa shape index (κ1) is 14.6. The summed E-state index contributed by atoms with van der Waals surface area (Å²) in [5, 5.41) is 0. The van der Waals surface area contributed by atoms with E-state index in [1.165, 1.54) is 4.90 Å². The molecule has 0 bridgehead atoms. The molecule has 1 atom stereocenters. The molecule has 0 aliphatic carbocycles. The summed E-state index contributed by atoms with van der Waals surface area (Å²) in [6, 6.07) is 11.8. The Labute approximate surface area is 138 Å². The Morgan fingerprint density at radius 1 is 1.04 bits per heavy atom. The van der Waals surface area contributed by atoms with Crippen LogP contribution in [-0.2, 0) is 11.2 Å². The van der Waals surface area contributed by atoms with Crippen molar-refractivity contribution in [2.24, 2.45) is 5.73 Å². The van der Waals surface area contributed by atoms with Gasteiger partial charge in [-0.05, 0) is 29.8 Å². The monoisotopic (exact) mass is 324 g/mol. The Kier molecular flexibility index (Phi) is 3.37. The molecule has 2 N–H and O–H groups in total. The first-order chi connectivity index (χ1) is 11.6. The van der Waals surface area contributed by atoms with Gasteiger partial charge in [0.25, 0.3) is 5.91 Å². The van der Waals surface area contributed by atoms with Gasteiger partial charge in [0.05, 0.1) is 0 Å². The molecule has 2 aliphatic rings. The van der Waals surface area contributed by atoms with Gasteiger partial charge in [0.2, 0.25) is 5.91 Å². The van der Waals surface area contributed by atoms with E-state index in [1.54, 1.807) is 18.2 Å². The molecule has 2 amide bonds. The van der Waals surface area contributed by atoms with Crippen LogP contribution in [-0.4, -0.2) is 31.1 Å².